The van der Waals surface area contributed by atoms with Crippen molar-refractivity contribution in [2.75, 3.05) is 32.4 Å². The van der Waals surface area contributed by atoms with Gasteiger partial charge < -0.3 is 16.0 Å². The van der Waals surface area contributed by atoms with Gasteiger partial charge in [-0.1, -0.05) is 0 Å². The Morgan fingerprint density at radius 1 is 1.62 bits per heavy atom. The third-order valence-corrected chi connectivity index (χ3v) is 5.20. The fraction of sp³-hybridized carbons (Fsp3) is 0.467. The van der Waals surface area contributed by atoms with Crippen LogP contribution in [-0.2, 0) is 0 Å². The average molecular weight is 304 g/mol. The van der Waals surface area contributed by atoms with E-state index in [0.717, 1.165) is 35.3 Å². The molecular formula is C15H20N4OS. The summed E-state index contributed by atoms with van der Waals surface area (Å²) in [6.07, 6.45) is 2.89. The van der Waals surface area contributed by atoms with Gasteiger partial charge in [0.25, 0.3) is 5.91 Å². The number of aromatic nitrogens is 1. The Balaban J connectivity index is 1.76. The van der Waals surface area contributed by atoms with Crippen LogP contribution in [0.4, 0.5) is 5.69 Å². The molecule has 21 heavy (non-hydrogen) atoms. The highest BCUT2D eigenvalue weighted by atomic mass is 32.1. The van der Waals surface area contributed by atoms with E-state index in [1.165, 1.54) is 11.3 Å². The van der Waals surface area contributed by atoms with Crippen LogP contribution in [0.5, 0.6) is 0 Å². The number of likely N-dealkylation sites (tertiary alicyclic amines) is 1. The van der Waals surface area contributed by atoms with Crippen LogP contribution in [0, 0.1) is 12.8 Å². The molecule has 0 aliphatic carbocycles. The van der Waals surface area contributed by atoms with Gasteiger partial charge in [-0.05, 0) is 44.5 Å². The summed E-state index contributed by atoms with van der Waals surface area (Å²) in [7, 11) is 2.11. The molecule has 1 saturated heterocycles. The van der Waals surface area contributed by atoms with Gasteiger partial charge in [0.05, 0.1) is 5.69 Å². The van der Waals surface area contributed by atoms with Crippen LogP contribution in [0.1, 0.15) is 21.7 Å². The first-order chi connectivity index (χ1) is 10.1. The average Bonchev–Trinajstić information content (AvgIpc) is 3.01. The van der Waals surface area contributed by atoms with Crippen molar-refractivity contribution in [3.8, 4) is 0 Å². The smallest absolute Gasteiger partial charge is 0.263 e. The summed E-state index contributed by atoms with van der Waals surface area (Å²) in [5, 5.41) is 3.93. The molecule has 5 nitrogen and oxygen atoms in total. The van der Waals surface area contributed by atoms with Gasteiger partial charge in [0.15, 0.2) is 0 Å². The third kappa shape index (κ3) is 2.73. The minimum atomic E-state index is -0.0792. The minimum Gasteiger partial charge on any atom is -0.397 e. The lowest BCUT2D eigenvalue weighted by Gasteiger charge is -2.11. The lowest BCUT2D eigenvalue weighted by molar-refractivity contribution is 0.0952. The number of carbonyl (C=O) groups excluding carboxylic acids is 1. The van der Waals surface area contributed by atoms with E-state index in [0.29, 0.717) is 23.0 Å². The Kier molecular flexibility index (Phi) is 3.82. The number of hydrogen-bond donors (Lipinski definition) is 2. The number of amides is 1. The summed E-state index contributed by atoms with van der Waals surface area (Å²) in [6, 6.07) is 1.92. The molecule has 1 fully saturated rings. The van der Waals surface area contributed by atoms with Gasteiger partial charge in [0.2, 0.25) is 0 Å². The molecule has 3 rings (SSSR count). The number of anilines is 1. The molecule has 1 aliphatic rings. The van der Waals surface area contributed by atoms with Crippen LogP contribution in [0.2, 0.25) is 0 Å². The van der Waals surface area contributed by atoms with Gasteiger partial charge in [-0.25, -0.2) is 4.98 Å². The number of nitrogen functional groups attached to an aromatic ring is 1. The van der Waals surface area contributed by atoms with Gasteiger partial charge >= 0.3 is 0 Å². The molecular weight excluding hydrogens is 284 g/mol. The van der Waals surface area contributed by atoms with Gasteiger partial charge in [0.1, 0.15) is 9.71 Å². The zero-order valence-corrected chi connectivity index (χ0v) is 13.2. The zero-order valence-electron chi connectivity index (χ0n) is 12.3. The second kappa shape index (κ2) is 5.61. The minimum absolute atomic E-state index is 0.0792. The maximum Gasteiger partial charge on any atom is 0.263 e. The Morgan fingerprint density at radius 2 is 2.43 bits per heavy atom. The van der Waals surface area contributed by atoms with Gasteiger partial charge in [0, 0.05) is 24.7 Å². The van der Waals surface area contributed by atoms with Crippen LogP contribution in [0.25, 0.3) is 10.2 Å². The Hall–Kier alpha value is -1.66. The molecule has 0 aromatic carbocycles. The molecule has 6 heteroatoms. The van der Waals surface area contributed by atoms with Crippen molar-refractivity contribution >= 4 is 33.1 Å². The van der Waals surface area contributed by atoms with E-state index in [-0.39, 0.29) is 5.91 Å². The number of carbonyl (C=O) groups is 1. The molecule has 0 bridgehead atoms. The number of nitrogens with one attached hydrogen (secondary N) is 1. The van der Waals surface area contributed by atoms with Crippen LogP contribution in [0.3, 0.4) is 0 Å². The van der Waals surface area contributed by atoms with Crippen molar-refractivity contribution in [2.24, 2.45) is 5.92 Å². The summed E-state index contributed by atoms with van der Waals surface area (Å²) >= 11 is 1.37. The number of nitrogens with two attached hydrogens (primary N) is 1. The normalized spacial score (nSPS) is 19.2. The molecule has 0 spiro atoms. The van der Waals surface area contributed by atoms with Crippen molar-refractivity contribution in [1.82, 2.24) is 15.2 Å². The molecule has 2 aromatic rings. The van der Waals surface area contributed by atoms with Crippen LogP contribution < -0.4 is 11.1 Å². The van der Waals surface area contributed by atoms with Gasteiger partial charge in [-0.15, -0.1) is 11.3 Å². The number of hydrogen-bond acceptors (Lipinski definition) is 5. The van der Waals surface area contributed by atoms with Gasteiger partial charge in [-0.3, -0.25) is 4.79 Å². The first-order valence-electron chi connectivity index (χ1n) is 7.16. The second-order valence-corrected chi connectivity index (χ2v) is 6.78. The predicted octanol–water partition coefficient (Wildman–Crippen LogP) is 1.87. The number of nitrogens with zero attached hydrogens (tertiary/aromatic N) is 2. The molecule has 1 unspecified atom stereocenters. The molecule has 1 amide bonds. The molecule has 2 aromatic heterocycles. The van der Waals surface area contributed by atoms with E-state index in [4.69, 9.17) is 5.73 Å². The van der Waals surface area contributed by atoms with Crippen LogP contribution in [-0.4, -0.2) is 42.5 Å². The lowest BCUT2D eigenvalue weighted by Crippen LogP contribution is -2.30. The maximum atomic E-state index is 12.4. The quantitative estimate of drug-likeness (QED) is 0.908. The molecule has 112 valence electrons. The van der Waals surface area contributed by atoms with E-state index in [2.05, 4.69) is 22.2 Å². The number of aryl methyl sites for hydroxylation is 1. The van der Waals surface area contributed by atoms with Crippen molar-refractivity contribution < 1.29 is 4.79 Å². The van der Waals surface area contributed by atoms with Crippen molar-refractivity contribution in [1.29, 1.82) is 0 Å². The van der Waals surface area contributed by atoms with E-state index >= 15 is 0 Å². The van der Waals surface area contributed by atoms with Crippen molar-refractivity contribution in [3.05, 3.63) is 22.7 Å². The summed E-state index contributed by atoms with van der Waals surface area (Å²) in [6.45, 7) is 4.85. The maximum absolute atomic E-state index is 12.4. The molecule has 0 radical (unpaired) electrons. The Labute approximate surface area is 128 Å². The summed E-state index contributed by atoms with van der Waals surface area (Å²) < 4.78 is 0. The third-order valence-electron chi connectivity index (χ3n) is 4.08. The van der Waals surface area contributed by atoms with E-state index in [9.17, 15) is 4.79 Å². The van der Waals surface area contributed by atoms with Crippen molar-refractivity contribution in [2.45, 2.75) is 13.3 Å². The SMILES string of the molecule is Cc1ccnc2sc(C(=O)NCC3CCN(C)C3)c(N)c12. The van der Waals surface area contributed by atoms with Crippen LogP contribution >= 0.6 is 11.3 Å². The molecule has 3 heterocycles. The Morgan fingerprint density at radius 3 is 3.10 bits per heavy atom. The standard InChI is InChI=1S/C15H20N4OS/c1-9-3-5-17-15-11(9)12(16)13(21-15)14(20)18-7-10-4-6-19(2)8-10/h3,5,10H,4,6-8,16H2,1-2H3,(H,18,20). The molecule has 1 atom stereocenters. The first kappa shape index (κ1) is 14.3. The topological polar surface area (TPSA) is 71.2 Å². The fourth-order valence-corrected chi connectivity index (χ4v) is 3.94. The Bertz CT molecular complexity index is 682. The predicted molar refractivity (Wildman–Crippen MR) is 86.7 cm³/mol. The highest BCUT2D eigenvalue weighted by molar-refractivity contribution is 7.21. The van der Waals surface area contributed by atoms with E-state index in [1.807, 2.05) is 13.0 Å². The van der Waals surface area contributed by atoms with Gasteiger partial charge in [-0.2, -0.15) is 0 Å². The number of rotatable bonds is 3. The first-order valence-corrected chi connectivity index (χ1v) is 7.98. The van der Waals surface area contributed by atoms with E-state index < -0.39 is 0 Å². The molecule has 1 aliphatic heterocycles. The second-order valence-electron chi connectivity index (χ2n) is 5.78. The van der Waals surface area contributed by atoms with E-state index in [1.54, 1.807) is 6.20 Å². The molecule has 0 saturated carbocycles. The highest BCUT2D eigenvalue weighted by Gasteiger charge is 2.22. The monoisotopic (exact) mass is 304 g/mol. The number of pyridine rings is 1. The zero-order chi connectivity index (χ0) is 15.0. The van der Waals surface area contributed by atoms with Crippen LogP contribution in [0.15, 0.2) is 12.3 Å². The summed E-state index contributed by atoms with van der Waals surface area (Å²) in [5.41, 5.74) is 7.77. The largest absolute Gasteiger partial charge is 0.397 e. The number of thiophene rings is 1. The highest BCUT2D eigenvalue weighted by Crippen LogP contribution is 2.34. The summed E-state index contributed by atoms with van der Waals surface area (Å²) in [4.78, 5) is 20.4. The lowest BCUT2D eigenvalue weighted by atomic mass is 10.1. The summed E-state index contributed by atoms with van der Waals surface area (Å²) in [5.74, 6) is 0.457. The number of fused-ring (bicyclic) bond motifs is 1. The molecule has 3 N–H and O–H groups in total. The fourth-order valence-electron chi connectivity index (χ4n) is 2.88. The van der Waals surface area contributed by atoms with Crippen molar-refractivity contribution in [3.63, 3.8) is 0 Å².